The molecule has 1 fully saturated rings. The molecule has 2 aromatic rings. The summed E-state index contributed by atoms with van der Waals surface area (Å²) in [5.74, 6) is -0.863. The van der Waals surface area contributed by atoms with Crippen molar-refractivity contribution in [2.24, 2.45) is 0 Å². The van der Waals surface area contributed by atoms with Gasteiger partial charge in [-0.05, 0) is 42.3 Å². The van der Waals surface area contributed by atoms with Gasteiger partial charge in [0.05, 0.1) is 6.10 Å². The summed E-state index contributed by atoms with van der Waals surface area (Å²) in [7, 11) is 0. The Kier molecular flexibility index (Phi) is 6.76. The second kappa shape index (κ2) is 9.47. The van der Waals surface area contributed by atoms with E-state index < -0.39 is 24.1 Å². The van der Waals surface area contributed by atoms with Crippen molar-refractivity contribution in [3.8, 4) is 11.1 Å². The van der Waals surface area contributed by atoms with Crippen molar-refractivity contribution in [1.29, 1.82) is 0 Å². The minimum atomic E-state index is -1.22. The van der Waals surface area contributed by atoms with E-state index in [0.717, 1.165) is 22.5 Å². The Labute approximate surface area is 175 Å². The number of benzene rings is 2. The minimum absolute atomic E-state index is 0.456. The van der Waals surface area contributed by atoms with Gasteiger partial charge in [0.25, 0.3) is 5.91 Å². The molecule has 0 unspecified atom stereocenters. The molecule has 3 amide bonds. The van der Waals surface area contributed by atoms with Crippen LogP contribution in [0.3, 0.4) is 0 Å². The predicted molar refractivity (Wildman–Crippen MR) is 114 cm³/mol. The van der Waals surface area contributed by atoms with E-state index in [4.69, 9.17) is 10.9 Å². The lowest BCUT2D eigenvalue weighted by Gasteiger charge is -2.36. The Bertz CT molecular complexity index is 862. The molecule has 0 aliphatic carbocycles. The van der Waals surface area contributed by atoms with Gasteiger partial charge < -0.3 is 26.0 Å². The lowest BCUT2D eigenvalue weighted by atomic mass is 10.0. The summed E-state index contributed by atoms with van der Waals surface area (Å²) >= 11 is 0. The van der Waals surface area contributed by atoms with Crippen LogP contribution in [0.15, 0.2) is 48.5 Å². The SMILES string of the molecule is C[C@H](O)[C@@H](NC(=O)N1CCN(c2ccc(-c3ccc(N)cc3)cc2)CC1)C(=O)NO. The second-order valence-corrected chi connectivity index (χ2v) is 7.29. The number of carbonyl (C=O) groups is 2. The highest BCUT2D eigenvalue weighted by atomic mass is 16.5. The summed E-state index contributed by atoms with van der Waals surface area (Å²) in [6.45, 7) is 3.59. The van der Waals surface area contributed by atoms with E-state index in [1.807, 2.05) is 24.3 Å². The highest BCUT2D eigenvalue weighted by molar-refractivity contribution is 5.87. The fourth-order valence-corrected chi connectivity index (χ4v) is 3.41. The number of anilines is 2. The zero-order valence-corrected chi connectivity index (χ0v) is 16.8. The van der Waals surface area contributed by atoms with Crippen LogP contribution in [0.2, 0.25) is 0 Å². The summed E-state index contributed by atoms with van der Waals surface area (Å²) in [6, 6.07) is 14.3. The van der Waals surface area contributed by atoms with Crippen LogP contribution in [-0.4, -0.2) is 65.5 Å². The highest BCUT2D eigenvalue weighted by Crippen LogP contribution is 2.24. The molecule has 6 N–H and O–H groups in total. The van der Waals surface area contributed by atoms with Gasteiger partial charge in [-0.25, -0.2) is 10.3 Å². The van der Waals surface area contributed by atoms with Gasteiger partial charge >= 0.3 is 6.03 Å². The van der Waals surface area contributed by atoms with Gasteiger partial charge in [0, 0.05) is 37.6 Å². The number of nitrogens with two attached hydrogens (primary N) is 1. The Morgan fingerprint density at radius 3 is 2.00 bits per heavy atom. The van der Waals surface area contributed by atoms with Crippen molar-refractivity contribution in [3.63, 3.8) is 0 Å². The molecule has 0 saturated carbocycles. The van der Waals surface area contributed by atoms with E-state index in [2.05, 4.69) is 34.5 Å². The van der Waals surface area contributed by atoms with E-state index in [-0.39, 0.29) is 0 Å². The Morgan fingerprint density at radius 2 is 1.50 bits per heavy atom. The summed E-state index contributed by atoms with van der Waals surface area (Å²) in [5, 5.41) is 20.9. The quantitative estimate of drug-likeness (QED) is 0.283. The first-order valence-electron chi connectivity index (χ1n) is 9.77. The third-order valence-electron chi connectivity index (χ3n) is 5.20. The van der Waals surface area contributed by atoms with Crippen molar-refractivity contribution in [2.75, 3.05) is 36.8 Å². The molecule has 2 aromatic carbocycles. The second-order valence-electron chi connectivity index (χ2n) is 7.29. The standard InChI is InChI=1S/C21H27N5O4/c1-14(27)19(20(28)24-30)23-21(29)26-12-10-25(11-13-26)18-8-4-16(5-9-18)15-2-6-17(22)7-3-15/h2-9,14,19,27,30H,10-13,22H2,1H3,(H,23,29)(H,24,28)/t14-,19+/m0/s1. The van der Waals surface area contributed by atoms with Gasteiger partial charge in [-0.2, -0.15) is 0 Å². The number of aliphatic hydroxyl groups excluding tert-OH is 1. The van der Waals surface area contributed by atoms with Crippen molar-refractivity contribution in [2.45, 2.75) is 19.1 Å². The third-order valence-corrected chi connectivity index (χ3v) is 5.20. The maximum absolute atomic E-state index is 12.4. The highest BCUT2D eigenvalue weighted by Gasteiger charge is 2.29. The molecule has 9 nitrogen and oxygen atoms in total. The average molecular weight is 413 g/mol. The molecule has 0 aromatic heterocycles. The summed E-state index contributed by atoms with van der Waals surface area (Å²) in [5.41, 5.74) is 11.2. The largest absolute Gasteiger partial charge is 0.399 e. The minimum Gasteiger partial charge on any atom is -0.399 e. The van der Waals surface area contributed by atoms with Crippen LogP contribution < -0.4 is 21.4 Å². The van der Waals surface area contributed by atoms with E-state index in [1.54, 1.807) is 4.90 Å². The van der Waals surface area contributed by atoms with Gasteiger partial charge in [-0.15, -0.1) is 0 Å². The lowest BCUT2D eigenvalue weighted by molar-refractivity contribution is -0.133. The monoisotopic (exact) mass is 413 g/mol. The number of nitrogens with one attached hydrogen (secondary N) is 2. The fraction of sp³-hybridized carbons (Fsp3) is 0.333. The number of hydrogen-bond donors (Lipinski definition) is 5. The molecule has 30 heavy (non-hydrogen) atoms. The third kappa shape index (κ3) is 5.00. The zero-order valence-electron chi connectivity index (χ0n) is 16.8. The van der Waals surface area contributed by atoms with Crippen LogP contribution in [0.5, 0.6) is 0 Å². The first kappa shape index (κ1) is 21.4. The van der Waals surface area contributed by atoms with E-state index >= 15 is 0 Å². The van der Waals surface area contributed by atoms with E-state index in [9.17, 15) is 14.7 Å². The van der Waals surface area contributed by atoms with Gasteiger partial charge in [0.1, 0.15) is 6.04 Å². The van der Waals surface area contributed by atoms with Gasteiger partial charge in [-0.3, -0.25) is 10.0 Å². The molecule has 160 valence electrons. The molecule has 3 rings (SSSR count). The summed E-state index contributed by atoms with van der Waals surface area (Å²) in [6.07, 6.45) is -1.14. The van der Waals surface area contributed by atoms with Crippen molar-refractivity contribution in [1.82, 2.24) is 15.7 Å². The number of urea groups is 1. The maximum atomic E-state index is 12.4. The van der Waals surface area contributed by atoms with Crippen LogP contribution in [-0.2, 0) is 4.79 Å². The summed E-state index contributed by atoms with van der Waals surface area (Å²) in [4.78, 5) is 27.8. The maximum Gasteiger partial charge on any atom is 0.318 e. The van der Waals surface area contributed by atoms with E-state index in [0.29, 0.717) is 26.2 Å². The van der Waals surface area contributed by atoms with Crippen molar-refractivity contribution in [3.05, 3.63) is 48.5 Å². The first-order valence-corrected chi connectivity index (χ1v) is 9.77. The smallest absolute Gasteiger partial charge is 0.318 e. The van der Waals surface area contributed by atoms with Crippen LogP contribution >= 0.6 is 0 Å². The number of nitrogens with zero attached hydrogens (tertiary/aromatic N) is 2. The molecule has 1 heterocycles. The molecule has 1 saturated heterocycles. The molecule has 9 heteroatoms. The topological polar surface area (TPSA) is 131 Å². The molecule has 0 radical (unpaired) electrons. The van der Waals surface area contributed by atoms with Crippen LogP contribution in [0, 0.1) is 0 Å². The normalized spacial score (nSPS) is 16.0. The van der Waals surface area contributed by atoms with Crippen molar-refractivity contribution < 1.29 is 19.9 Å². The molecular weight excluding hydrogens is 386 g/mol. The molecular formula is C21H27N5O4. The van der Waals surface area contributed by atoms with E-state index in [1.165, 1.54) is 12.4 Å². The fourth-order valence-electron chi connectivity index (χ4n) is 3.41. The van der Waals surface area contributed by atoms with Gasteiger partial charge in [-0.1, -0.05) is 24.3 Å². The summed E-state index contributed by atoms with van der Waals surface area (Å²) < 4.78 is 0. The van der Waals surface area contributed by atoms with Gasteiger partial charge in [0.15, 0.2) is 0 Å². The number of carbonyl (C=O) groups excluding carboxylic acids is 2. The molecule has 0 spiro atoms. The number of hydrogen-bond acceptors (Lipinski definition) is 6. The molecule has 0 bridgehead atoms. The predicted octanol–water partition coefficient (Wildman–Crippen LogP) is 1.02. The number of amides is 3. The number of rotatable bonds is 5. The number of aliphatic hydroxyl groups is 1. The lowest BCUT2D eigenvalue weighted by Crippen LogP contribution is -2.58. The number of hydroxylamine groups is 1. The Morgan fingerprint density at radius 1 is 0.967 bits per heavy atom. The van der Waals surface area contributed by atoms with Crippen LogP contribution in [0.1, 0.15) is 6.92 Å². The molecule has 2 atom stereocenters. The number of nitrogen functional groups attached to an aromatic ring is 1. The van der Waals surface area contributed by atoms with Crippen LogP contribution in [0.4, 0.5) is 16.2 Å². The van der Waals surface area contributed by atoms with Gasteiger partial charge in [0.2, 0.25) is 0 Å². The average Bonchev–Trinajstić information content (AvgIpc) is 2.77. The Balaban J connectivity index is 1.56. The molecule has 1 aliphatic rings. The number of piperazine rings is 1. The Hall–Kier alpha value is -3.30. The van der Waals surface area contributed by atoms with Crippen molar-refractivity contribution >= 4 is 23.3 Å². The molecule has 1 aliphatic heterocycles. The zero-order chi connectivity index (χ0) is 21.7. The first-order chi connectivity index (χ1) is 14.4. The van der Waals surface area contributed by atoms with Crippen LogP contribution in [0.25, 0.3) is 11.1 Å².